The van der Waals surface area contributed by atoms with Crippen molar-refractivity contribution in [1.82, 2.24) is 5.32 Å². The van der Waals surface area contributed by atoms with Crippen LogP contribution in [0.2, 0.25) is 0 Å². The number of hydrogen-bond donors (Lipinski definition) is 2. The zero-order valence-electron chi connectivity index (χ0n) is 14.5. The molecule has 1 saturated heterocycles. The van der Waals surface area contributed by atoms with Crippen LogP contribution in [0.5, 0.6) is 5.75 Å². The molecule has 2 N–H and O–H groups in total. The molecule has 1 aromatic carbocycles. The van der Waals surface area contributed by atoms with E-state index in [2.05, 4.69) is 5.32 Å². The summed E-state index contributed by atoms with van der Waals surface area (Å²) in [6, 6.07) is 7.84. The maximum atomic E-state index is 12.0. The first-order valence-electron chi connectivity index (χ1n) is 8.46. The molecule has 6 nitrogen and oxygen atoms in total. The van der Waals surface area contributed by atoms with E-state index in [0.29, 0.717) is 19.7 Å². The Bertz CT molecular complexity index is 554. The Labute approximate surface area is 143 Å². The standard InChI is InChI=1S/C18H26N2O4/c1-14-4-3-5-16(12-14)24-11-8-19-17(21)13-20-9-6-15(7-10-20)18(22)23-2/h3-5,12,15H,6-11,13H2,1-2H3,(H,19,21)/p+1. The van der Waals surface area contributed by atoms with Crippen LogP contribution in [0.4, 0.5) is 0 Å². The summed E-state index contributed by atoms with van der Waals surface area (Å²) in [4.78, 5) is 24.7. The molecule has 0 aliphatic carbocycles. The van der Waals surface area contributed by atoms with Crippen LogP contribution in [0, 0.1) is 12.8 Å². The number of carbonyl (C=O) groups excluding carboxylic acids is 2. The molecule has 6 heteroatoms. The summed E-state index contributed by atoms with van der Waals surface area (Å²) in [5.41, 5.74) is 1.15. The summed E-state index contributed by atoms with van der Waals surface area (Å²) in [6.45, 7) is 5.05. The lowest BCUT2D eigenvalue weighted by molar-refractivity contribution is -0.897. The number of nitrogens with one attached hydrogen (secondary N) is 2. The van der Waals surface area contributed by atoms with Crippen LogP contribution < -0.4 is 15.0 Å². The molecular formula is C18H27N2O4+. The Balaban J connectivity index is 1.59. The lowest BCUT2D eigenvalue weighted by atomic mass is 9.97. The van der Waals surface area contributed by atoms with Gasteiger partial charge in [-0.15, -0.1) is 0 Å². The Morgan fingerprint density at radius 2 is 2.04 bits per heavy atom. The maximum Gasteiger partial charge on any atom is 0.309 e. The molecule has 0 unspecified atom stereocenters. The van der Waals surface area contributed by atoms with Crippen molar-refractivity contribution in [1.29, 1.82) is 0 Å². The zero-order chi connectivity index (χ0) is 17.4. The van der Waals surface area contributed by atoms with Gasteiger partial charge in [-0.1, -0.05) is 12.1 Å². The SMILES string of the molecule is COC(=O)C1CC[NH+](CC(=O)NCCOc2cccc(C)c2)CC1. The summed E-state index contributed by atoms with van der Waals surface area (Å²) >= 11 is 0. The van der Waals surface area contributed by atoms with Gasteiger partial charge in [0.2, 0.25) is 0 Å². The molecule has 132 valence electrons. The molecule has 24 heavy (non-hydrogen) atoms. The number of amides is 1. The number of benzene rings is 1. The second-order valence-electron chi connectivity index (χ2n) is 6.24. The highest BCUT2D eigenvalue weighted by Gasteiger charge is 2.28. The minimum Gasteiger partial charge on any atom is -0.492 e. The van der Waals surface area contributed by atoms with Crippen molar-refractivity contribution >= 4 is 11.9 Å². The first kappa shape index (κ1) is 18.3. The van der Waals surface area contributed by atoms with Crippen molar-refractivity contribution in [3.05, 3.63) is 29.8 Å². The fraction of sp³-hybridized carbons (Fsp3) is 0.556. The summed E-state index contributed by atoms with van der Waals surface area (Å²) in [5.74, 6) is 0.699. The van der Waals surface area contributed by atoms with Gasteiger partial charge in [-0.2, -0.15) is 0 Å². The van der Waals surface area contributed by atoms with Gasteiger partial charge in [0.15, 0.2) is 6.54 Å². The Morgan fingerprint density at radius 1 is 1.29 bits per heavy atom. The van der Waals surface area contributed by atoms with E-state index in [0.717, 1.165) is 37.2 Å². The number of quaternary nitrogens is 1. The van der Waals surface area contributed by atoms with Crippen molar-refractivity contribution in [2.75, 3.05) is 39.9 Å². The number of likely N-dealkylation sites (tertiary alicyclic amines) is 1. The van der Waals surface area contributed by atoms with Crippen molar-refractivity contribution in [2.45, 2.75) is 19.8 Å². The number of hydrogen-bond acceptors (Lipinski definition) is 4. The number of rotatable bonds is 7. The van der Waals surface area contributed by atoms with E-state index in [1.807, 2.05) is 31.2 Å². The van der Waals surface area contributed by atoms with Gasteiger partial charge in [0.1, 0.15) is 12.4 Å². The Kier molecular flexibility index (Phi) is 7.06. The smallest absolute Gasteiger partial charge is 0.309 e. The summed E-state index contributed by atoms with van der Waals surface area (Å²) in [5, 5.41) is 2.88. The molecule has 1 aromatic rings. The molecule has 1 fully saturated rings. The van der Waals surface area contributed by atoms with E-state index in [1.165, 1.54) is 12.0 Å². The minimum absolute atomic E-state index is 0.00968. The van der Waals surface area contributed by atoms with Crippen LogP contribution in [0.1, 0.15) is 18.4 Å². The van der Waals surface area contributed by atoms with Crippen LogP contribution in [0.3, 0.4) is 0 Å². The van der Waals surface area contributed by atoms with E-state index in [-0.39, 0.29) is 17.8 Å². The first-order chi connectivity index (χ1) is 11.6. The molecule has 0 bridgehead atoms. The number of carbonyl (C=O) groups is 2. The van der Waals surface area contributed by atoms with Crippen LogP contribution in [0.15, 0.2) is 24.3 Å². The van der Waals surface area contributed by atoms with Crippen LogP contribution in [0.25, 0.3) is 0 Å². The number of piperidine rings is 1. The molecule has 1 aliphatic heterocycles. The normalized spacial score (nSPS) is 20.2. The predicted octanol–water partition coefficient (Wildman–Crippen LogP) is -0.0421. The second kappa shape index (κ2) is 9.27. The summed E-state index contributed by atoms with van der Waals surface area (Å²) in [6.07, 6.45) is 1.57. The van der Waals surface area contributed by atoms with Crippen molar-refractivity contribution < 1.29 is 24.0 Å². The van der Waals surface area contributed by atoms with Crippen LogP contribution in [-0.4, -0.2) is 51.8 Å². The van der Waals surface area contributed by atoms with Gasteiger partial charge in [-0.05, 0) is 24.6 Å². The monoisotopic (exact) mass is 335 g/mol. The van der Waals surface area contributed by atoms with Crippen molar-refractivity contribution in [2.24, 2.45) is 5.92 Å². The van der Waals surface area contributed by atoms with Gasteiger partial charge >= 0.3 is 5.97 Å². The van der Waals surface area contributed by atoms with Gasteiger partial charge in [-0.25, -0.2) is 0 Å². The van der Waals surface area contributed by atoms with E-state index in [1.54, 1.807) is 0 Å². The van der Waals surface area contributed by atoms with E-state index in [9.17, 15) is 9.59 Å². The van der Waals surface area contributed by atoms with Gasteiger partial charge < -0.3 is 19.7 Å². The average Bonchev–Trinajstić information content (AvgIpc) is 2.59. The minimum atomic E-state index is -0.133. The van der Waals surface area contributed by atoms with E-state index >= 15 is 0 Å². The van der Waals surface area contributed by atoms with E-state index < -0.39 is 0 Å². The highest BCUT2D eigenvalue weighted by Crippen LogP contribution is 2.12. The van der Waals surface area contributed by atoms with Gasteiger partial charge in [0.05, 0.1) is 32.7 Å². The molecule has 1 aliphatic rings. The van der Waals surface area contributed by atoms with Gasteiger partial charge in [0.25, 0.3) is 5.91 Å². The van der Waals surface area contributed by atoms with Crippen LogP contribution >= 0.6 is 0 Å². The number of methoxy groups -OCH3 is 1. The summed E-state index contributed by atoms with van der Waals surface area (Å²) < 4.78 is 10.4. The molecule has 0 saturated carbocycles. The number of ether oxygens (including phenoxy) is 2. The maximum absolute atomic E-state index is 12.0. The quantitative estimate of drug-likeness (QED) is 0.542. The lowest BCUT2D eigenvalue weighted by Crippen LogP contribution is -3.14. The van der Waals surface area contributed by atoms with Gasteiger partial charge in [-0.3, -0.25) is 9.59 Å². The first-order valence-corrected chi connectivity index (χ1v) is 8.46. The third kappa shape index (κ3) is 5.85. The largest absolute Gasteiger partial charge is 0.492 e. The molecular weight excluding hydrogens is 308 g/mol. The van der Waals surface area contributed by atoms with Crippen molar-refractivity contribution in [3.63, 3.8) is 0 Å². The van der Waals surface area contributed by atoms with Gasteiger partial charge in [0, 0.05) is 12.8 Å². The highest BCUT2D eigenvalue weighted by atomic mass is 16.5. The topological polar surface area (TPSA) is 69.1 Å². The molecule has 2 rings (SSSR count). The molecule has 0 spiro atoms. The lowest BCUT2D eigenvalue weighted by Gasteiger charge is -2.27. The fourth-order valence-electron chi connectivity index (χ4n) is 2.96. The predicted molar refractivity (Wildman–Crippen MR) is 90.0 cm³/mol. The number of aryl methyl sites for hydroxylation is 1. The third-order valence-corrected chi connectivity index (χ3v) is 4.32. The fourth-order valence-corrected chi connectivity index (χ4v) is 2.96. The zero-order valence-corrected chi connectivity index (χ0v) is 14.5. The van der Waals surface area contributed by atoms with Crippen LogP contribution in [-0.2, 0) is 14.3 Å². The number of esters is 1. The summed E-state index contributed by atoms with van der Waals surface area (Å²) in [7, 11) is 1.42. The van der Waals surface area contributed by atoms with Crippen molar-refractivity contribution in [3.8, 4) is 5.75 Å². The molecule has 0 radical (unpaired) electrons. The molecule has 0 atom stereocenters. The highest BCUT2D eigenvalue weighted by molar-refractivity contribution is 5.76. The second-order valence-corrected chi connectivity index (χ2v) is 6.24. The molecule has 0 aromatic heterocycles. The third-order valence-electron chi connectivity index (χ3n) is 4.32. The molecule has 1 amide bonds. The average molecular weight is 335 g/mol. The Hall–Kier alpha value is -2.08. The molecule has 1 heterocycles. The Morgan fingerprint density at radius 3 is 2.71 bits per heavy atom. The van der Waals surface area contributed by atoms with E-state index in [4.69, 9.17) is 9.47 Å².